The van der Waals surface area contributed by atoms with Crippen molar-refractivity contribution in [1.29, 1.82) is 5.26 Å². The van der Waals surface area contributed by atoms with Crippen molar-refractivity contribution in [2.45, 2.75) is 13.3 Å². The molecule has 68 valence electrons. The lowest BCUT2D eigenvalue weighted by Gasteiger charge is -2.00. The van der Waals surface area contributed by atoms with Crippen LogP contribution in [0.5, 0.6) is 0 Å². The smallest absolute Gasteiger partial charge is 0.240 e. The van der Waals surface area contributed by atoms with E-state index in [4.69, 9.17) is 5.26 Å². The summed E-state index contributed by atoms with van der Waals surface area (Å²) in [5.74, 6) is 0.683. The van der Waals surface area contributed by atoms with Gasteiger partial charge in [-0.25, -0.2) is 0 Å². The molecule has 6 nitrogen and oxygen atoms in total. The van der Waals surface area contributed by atoms with E-state index in [1.54, 1.807) is 24.6 Å². The Morgan fingerprint density at radius 3 is 2.85 bits per heavy atom. The average Bonchev–Trinajstić information content (AvgIpc) is 2.37. The Labute approximate surface area is 75.2 Å². The molecule has 0 aliphatic heterocycles. The van der Waals surface area contributed by atoms with Gasteiger partial charge in [0.15, 0.2) is 0 Å². The Morgan fingerprint density at radius 2 is 2.38 bits per heavy atom. The van der Waals surface area contributed by atoms with E-state index in [0.717, 1.165) is 0 Å². The van der Waals surface area contributed by atoms with Crippen molar-refractivity contribution in [3.05, 3.63) is 5.82 Å². The minimum Gasteiger partial charge on any atom is -0.300 e. The van der Waals surface area contributed by atoms with E-state index in [2.05, 4.69) is 15.5 Å². The van der Waals surface area contributed by atoms with Gasteiger partial charge in [0.1, 0.15) is 12.2 Å². The quantitative estimate of drug-likeness (QED) is 0.691. The van der Waals surface area contributed by atoms with Gasteiger partial charge in [-0.15, -0.1) is 10.2 Å². The number of aryl methyl sites for hydroxylation is 1. The van der Waals surface area contributed by atoms with Crippen LogP contribution in [0.25, 0.3) is 0 Å². The van der Waals surface area contributed by atoms with Crippen molar-refractivity contribution in [2.75, 3.05) is 5.32 Å². The van der Waals surface area contributed by atoms with E-state index in [1.807, 2.05) is 0 Å². The second kappa shape index (κ2) is 3.67. The molecular formula is C7H9N5O. The first-order valence-corrected chi connectivity index (χ1v) is 3.68. The average molecular weight is 179 g/mol. The van der Waals surface area contributed by atoms with Gasteiger partial charge in [-0.05, 0) is 6.92 Å². The van der Waals surface area contributed by atoms with E-state index in [-0.39, 0.29) is 12.3 Å². The van der Waals surface area contributed by atoms with Crippen LogP contribution in [0, 0.1) is 18.3 Å². The molecule has 0 fully saturated rings. The molecule has 1 N–H and O–H groups in total. The lowest BCUT2D eigenvalue weighted by atomic mass is 10.4. The molecule has 1 amide bonds. The lowest BCUT2D eigenvalue weighted by Crippen LogP contribution is -2.13. The maximum absolute atomic E-state index is 11.0. The molecule has 1 heterocycles. The summed E-state index contributed by atoms with van der Waals surface area (Å²) in [6, 6.07) is 1.74. The molecule has 0 saturated heterocycles. The monoisotopic (exact) mass is 179 g/mol. The molecule has 0 aromatic carbocycles. The predicted molar refractivity (Wildman–Crippen MR) is 44.6 cm³/mol. The molecule has 0 aliphatic carbocycles. The summed E-state index contributed by atoms with van der Waals surface area (Å²) in [7, 11) is 1.73. The van der Waals surface area contributed by atoms with E-state index in [9.17, 15) is 4.79 Å². The van der Waals surface area contributed by atoms with Gasteiger partial charge in [0.2, 0.25) is 11.9 Å². The Balaban J connectivity index is 2.70. The topological polar surface area (TPSA) is 83.6 Å². The minimum atomic E-state index is -0.377. The van der Waals surface area contributed by atoms with Gasteiger partial charge in [0.25, 0.3) is 0 Å². The molecule has 6 heteroatoms. The van der Waals surface area contributed by atoms with E-state index in [0.29, 0.717) is 11.8 Å². The van der Waals surface area contributed by atoms with Crippen LogP contribution in [0.2, 0.25) is 0 Å². The van der Waals surface area contributed by atoms with Crippen molar-refractivity contribution in [2.24, 2.45) is 7.05 Å². The standard InChI is InChI=1S/C7H9N5O/c1-5-10-11-7(12(5)2)9-6(13)3-4-8/h3H2,1-2H3,(H,9,11,13). The number of nitrogens with one attached hydrogen (secondary N) is 1. The van der Waals surface area contributed by atoms with E-state index < -0.39 is 0 Å². The largest absolute Gasteiger partial charge is 0.300 e. The Morgan fingerprint density at radius 1 is 1.69 bits per heavy atom. The molecule has 0 bridgehead atoms. The summed E-state index contributed by atoms with van der Waals surface area (Å²) in [5, 5.41) is 18.1. The fraction of sp³-hybridized carbons (Fsp3) is 0.429. The Bertz CT molecular complexity index is 361. The highest BCUT2D eigenvalue weighted by atomic mass is 16.1. The second-order valence-corrected chi connectivity index (χ2v) is 2.51. The van der Waals surface area contributed by atoms with Gasteiger partial charge in [-0.3, -0.25) is 10.1 Å². The van der Waals surface area contributed by atoms with Gasteiger partial charge in [0.05, 0.1) is 6.07 Å². The van der Waals surface area contributed by atoms with Gasteiger partial charge >= 0.3 is 0 Å². The highest BCUT2D eigenvalue weighted by molar-refractivity contribution is 5.90. The first kappa shape index (κ1) is 9.19. The van der Waals surface area contributed by atoms with Crippen molar-refractivity contribution in [1.82, 2.24) is 14.8 Å². The van der Waals surface area contributed by atoms with E-state index in [1.165, 1.54) is 0 Å². The molecule has 0 radical (unpaired) electrons. The number of hydrogen-bond donors (Lipinski definition) is 1. The number of amides is 1. The normalized spacial score (nSPS) is 9.31. The van der Waals surface area contributed by atoms with Crippen molar-refractivity contribution in [3.63, 3.8) is 0 Å². The molecule has 1 rings (SSSR count). The van der Waals surface area contributed by atoms with Crippen molar-refractivity contribution >= 4 is 11.9 Å². The summed E-state index contributed by atoms with van der Waals surface area (Å²) in [4.78, 5) is 11.0. The van der Waals surface area contributed by atoms with Crippen LogP contribution in [-0.2, 0) is 11.8 Å². The highest BCUT2D eigenvalue weighted by Gasteiger charge is 2.07. The molecule has 0 atom stereocenters. The minimum absolute atomic E-state index is 0.175. The molecular weight excluding hydrogens is 170 g/mol. The van der Waals surface area contributed by atoms with Gasteiger partial charge in [-0.2, -0.15) is 5.26 Å². The number of hydrogen-bond acceptors (Lipinski definition) is 4. The zero-order chi connectivity index (χ0) is 9.84. The summed E-state index contributed by atoms with van der Waals surface area (Å²) in [6.45, 7) is 1.77. The van der Waals surface area contributed by atoms with Crippen molar-refractivity contribution < 1.29 is 4.79 Å². The molecule has 0 saturated carbocycles. The first-order chi connectivity index (χ1) is 6.15. The summed E-state index contributed by atoms with van der Waals surface area (Å²) < 4.78 is 1.63. The summed E-state index contributed by atoms with van der Waals surface area (Å²) in [5.41, 5.74) is 0. The van der Waals surface area contributed by atoms with Crippen LogP contribution in [0.3, 0.4) is 0 Å². The van der Waals surface area contributed by atoms with Crippen LogP contribution in [0.4, 0.5) is 5.95 Å². The van der Waals surface area contributed by atoms with Crippen LogP contribution < -0.4 is 5.32 Å². The summed E-state index contributed by atoms with van der Waals surface area (Å²) in [6.07, 6.45) is -0.175. The summed E-state index contributed by atoms with van der Waals surface area (Å²) >= 11 is 0. The maximum atomic E-state index is 11.0. The number of aromatic nitrogens is 3. The third kappa shape index (κ3) is 2.02. The zero-order valence-corrected chi connectivity index (χ0v) is 7.40. The fourth-order valence-corrected chi connectivity index (χ4v) is 0.757. The van der Waals surface area contributed by atoms with Crippen LogP contribution in [0.15, 0.2) is 0 Å². The van der Waals surface area contributed by atoms with Gasteiger partial charge in [0, 0.05) is 7.05 Å². The molecule has 13 heavy (non-hydrogen) atoms. The Kier molecular flexibility index (Phi) is 2.59. The molecule has 1 aromatic rings. The number of rotatable bonds is 2. The molecule has 0 spiro atoms. The number of nitrogens with zero attached hydrogens (tertiary/aromatic N) is 4. The molecule has 1 aromatic heterocycles. The van der Waals surface area contributed by atoms with Crippen LogP contribution in [-0.4, -0.2) is 20.7 Å². The van der Waals surface area contributed by atoms with Crippen LogP contribution in [0.1, 0.15) is 12.2 Å². The fourth-order valence-electron chi connectivity index (χ4n) is 0.757. The van der Waals surface area contributed by atoms with Crippen LogP contribution >= 0.6 is 0 Å². The Hall–Kier alpha value is -1.90. The second-order valence-electron chi connectivity index (χ2n) is 2.51. The lowest BCUT2D eigenvalue weighted by molar-refractivity contribution is -0.115. The van der Waals surface area contributed by atoms with Gasteiger partial charge < -0.3 is 4.57 Å². The van der Waals surface area contributed by atoms with Crippen molar-refractivity contribution in [3.8, 4) is 6.07 Å². The molecule has 0 unspecified atom stereocenters. The van der Waals surface area contributed by atoms with Gasteiger partial charge in [-0.1, -0.05) is 0 Å². The zero-order valence-electron chi connectivity index (χ0n) is 7.40. The third-order valence-electron chi connectivity index (χ3n) is 1.58. The van der Waals surface area contributed by atoms with E-state index >= 15 is 0 Å². The number of carbonyl (C=O) groups is 1. The highest BCUT2D eigenvalue weighted by Crippen LogP contribution is 2.03. The number of carbonyl (C=O) groups excluding carboxylic acids is 1. The maximum Gasteiger partial charge on any atom is 0.240 e. The number of anilines is 1. The third-order valence-corrected chi connectivity index (χ3v) is 1.58. The molecule has 0 aliphatic rings. The SMILES string of the molecule is Cc1nnc(NC(=O)CC#N)n1C. The predicted octanol–water partition coefficient (Wildman–Crippen LogP) is -0.0243. The number of nitriles is 1. The first-order valence-electron chi connectivity index (χ1n) is 3.68.